The summed E-state index contributed by atoms with van der Waals surface area (Å²) in [4.78, 5) is 35.4. The molecule has 0 aliphatic carbocycles. The van der Waals surface area contributed by atoms with Crippen molar-refractivity contribution in [1.29, 1.82) is 0 Å². The van der Waals surface area contributed by atoms with Crippen LogP contribution in [0.3, 0.4) is 0 Å². The molecule has 0 atom stereocenters. The summed E-state index contributed by atoms with van der Waals surface area (Å²) in [6.45, 7) is 1.63. The molecule has 1 aliphatic rings. The van der Waals surface area contributed by atoms with Crippen molar-refractivity contribution in [3.8, 4) is 0 Å². The predicted octanol–water partition coefficient (Wildman–Crippen LogP) is 1.01. The van der Waals surface area contributed by atoms with Gasteiger partial charge in [-0.1, -0.05) is 11.6 Å². The lowest BCUT2D eigenvalue weighted by molar-refractivity contribution is -0.130. The standard InChI is InChI=1S/C12H11ClN2O3/c1-7(16)9-3-2-8(4-10(9)13)15-5-11(17)14-12(18)6-15/h2-4H,5-6H2,1H3,(H,14,17,18). The number of benzene rings is 1. The number of nitrogens with zero attached hydrogens (tertiary/aromatic N) is 1. The molecular formula is C12H11ClN2O3. The molecule has 0 saturated carbocycles. The maximum atomic E-state index is 11.3. The third-order valence-corrected chi connectivity index (χ3v) is 2.96. The molecule has 2 rings (SSSR count). The molecule has 0 bridgehead atoms. The summed E-state index contributed by atoms with van der Waals surface area (Å²) < 4.78 is 0. The van der Waals surface area contributed by atoms with Crippen molar-refractivity contribution in [2.75, 3.05) is 18.0 Å². The maximum absolute atomic E-state index is 11.3. The van der Waals surface area contributed by atoms with Gasteiger partial charge in [-0.15, -0.1) is 0 Å². The molecule has 1 saturated heterocycles. The van der Waals surface area contributed by atoms with E-state index >= 15 is 0 Å². The molecule has 1 aromatic rings. The molecule has 5 nitrogen and oxygen atoms in total. The highest BCUT2D eigenvalue weighted by Crippen LogP contribution is 2.24. The normalized spacial score (nSPS) is 15.6. The number of carbonyl (C=O) groups is 3. The lowest BCUT2D eigenvalue weighted by atomic mass is 10.1. The Morgan fingerprint density at radius 2 is 1.89 bits per heavy atom. The van der Waals surface area contributed by atoms with Gasteiger partial charge in [0.15, 0.2) is 5.78 Å². The van der Waals surface area contributed by atoms with Crippen LogP contribution in [0.5, 0.6) is 0 Å². The molecule has 1 N–H and O–H groups in total. The van der Waals surface area contributed by atoms with Crippen molar-refractivity contribution in [2.24, 2.45) is 0 Å². The average molecular weight is 267 g/mol. The Kier molecular flexibility index (Phi) is 3.34. The SMILES string of the molecule is CC(=O)c1ccc(N2CC(=O)NC(=O)C2)cc1Cl. The Morgan fingerprint density at radius 3 is 2.39 bits per heavy atom. The monoisotopic (exact) mass is 266 g/mol. The van der Waals surface area contributed by atoms with Gasteiger partial charge in [0.1, 0.15) is 0 Å². The van der Waals surface area contributed by atoms with Gasteiger partial charge in [0.05, 0.1) is 18.1 Å². The molecule has 0 radical (unpaired) electrons. The number of amides is 2. The van der Waals surface area contributed by atoms with Crippen molar-refractivity contribution in [2.45, 2.75) is 6.92 Å². The first-order valence-electron chi connectivity index (χ1n) is 5.35. The van der Waals surface area contributed by atoms with Crippen molar-refractivity contribution in [3.05, 3.63) is 28.8 Å². The highest BCUT2D eigenvalue weighted by Gasteiger charge is 2.23. The first-order chi connectivity index (χ1) is 8.47. The number of rotatable bonds is 2. The molecule has 0 aromatic heterocycles. The first kappa shape index (κ1) is 12.6. The van der Waals surface area contributed by atoms with E-state index in [1.165, 1.54) is 6.92 Å². The van der Waals surface area contributed by atoms with Gasteiger partial charge < -0.3 is 4.90 Å². The van der Waals surface area contributed by atoms with Crippen LogP contribution in [-0.4, -0.2) is 30.7 Å². The van der Waals surface area contributed by atoms with Gasteiger partial charge in [-0.2, -0.15) is 0 Å². The molecule has 1 heterocycles. The number of carbonyl (C=O) groups excluding carboxylic acids is 3. The van der Waals surface area contributed by atoms with Crippen molar-refractivity contribution in [1.82, 2.24) is 5.32 Å². The van der Waals surface area contributed by atoms with Gasteiger partial charge in [0.25, 0.3) is 0 Å². The number of piperazine rings is 1. The smallest absolute Gasteiger partial charge is 0.246 e. The molecular weight excluding hydrogens is 256 g/mol. The summed E-state index contributed by atoms with van der Waals surface area (Å²) in [5.74, 6) is -0.824. The van der Waals surface area contributed by atoms with Gasteiger partial charge in [-0.25, -0.2) is 0 Å². The van der Waals surface area contributed by atoms with Crippen molar-refractivity contribution >= 4 is 34.9 Å². The van der Waals surface area contributed by atoms with E-state index in [2.05, 4.69) is 5.32 Å². The molecule has 1 aromatic carbocycles. The number of halogens is 1. The molecule has 6 heteroatoms. The van der Waals surface area contributed by atoms with E-state index in [9.17, 15) is 14.4 Å². The lowest BCUT2D eigenvalue weighted by Crippen LogP contribution is -2.51. The van der Waals surface area contributed by atoms with Crippen LogP contribution in [-0.2, 0) is 9.59 Å². The molecule has 1 aliphatic heterocycles. The molecule has 1 fully saturated rings. The molecule has 18 heavy (non-hydrogen) atoms. The Balaban J connectivity index is 2.29. The van der Waals surface area contributed by atoms with Gasteiger partial charge in [-0.05, 0) is 25.1 Å². The molecule has 2 amide bonds. The van der Waals surface area contributed by atoms with Crippen LogP contribution in [0.2, 0.25) is 5.02 Å². The van der Waals surface area contributed by atoms with Crippen molar-refractivity contribution in [3.63, 3.8) is 0 Å². The fourth-order valence-electron chi connectivity index (χ4n) is 1.81. The van der Waals surface area contributed by atoms with Crippen LogP contribution >= 0.6 is 11.6 Å². The highest BCUT2D eigenvalue weighted by atomic mass is 35.5. The van der Waals surface area contributed by atoms with E-state index in [1.807, 2.05) is 0 Å². The zero-order chi connectivity index (χ0) is 13.3. The minimum absolute atomic E-state index is 0.0987. The van der Waals surface area contributed by atoms with Crippen LogP contribution in [0.15, 0.2) is 18.2 Å². The van der Waals surface area contributed by atoms with Gasteiger partial charge in [0.2, 0.25) is 11.8 Å². The highest BCUT2D eigenvalue weighted by molar-refractivity contribution is 6.34. The first-order valence-corrected chi connectivity index (χ1v) is 5.73. The third kappa shape index (κ3) is 2.51. The van der Waals surface area contributed by atoms with E-state index in [1.54, 1.807) is 23.1 Å². The lowest BCUT2D eigenvalue weighted by Gasteiger charge is -2.27. The van der Waals surface area contributed by atoms with E-state index in [-0.39, 0.29) is 30.7 Å². The summed E-state index contributed by atoms with van der Waals surface area (Å²) in [6.07, 6.45) is 0. The second kappa shape index (κ2) is 4.78. The van der Waals surface area contributed by atoms with E-state index in [4.69, 9.17) is 11.6 Å². The summed E-state index contributed by atoms with van der Waals surface area (Å²) in [5.41, 5.74) is 1.07. The number of imide groups is 1. The number of nitrogens with one attached hydrogen (secondary N) is 1. The molecule has 0 spiro atoms. The Hall–Kier alpha value is -1.88. The topological polar surface area (TPSA) is 66.5 Å². The maximum Gasteiger partial charge on any atom is 0.246 e. The summed E-state index contributed by atoms with van der Waals surface area (Å²) in [7, 11) is 0. The average Bonchev–Trinajstić information content (AvgIpc) is 2.26. The summed E-state index contributed by atoms with van der Waals surface area (Å²) >= 11 is 5.98. The molecule has 94 valence electrons. The number of ketones is 1. The second-order valence-electron chi connectivity index (χ2n) is 4.05. The second-order valence-corrected chi connectivity index (χ2v) is 4.45. The van der Waals surface area contributed by atoms with E-state index in [0.717, 1.165) is 0 Å². The number of hydrogen-bond acceptors (Lipinski definition) is 4. The number of Topliss-reactive ketones (excluding diaryl/α,β-unsaturated/α-hetero) is 1. The van der Waals surface area contributed by atoms with Crippen LogP contribution < -0.4 is 10.2 Å². The van der Waals surface area contributed by atoms with E-state index < -0.39 is 0 Å². The van der Waals surface area contributed by atoms with Crippen LogP contribution in [0.1, 0.15) is 17.3 Å². The zero-order valence-corrected chi connectivity index (χ0v) is 10.5. The van der Waals surface area contributed by atoms with Crippen LogP contribution in [0.4, 0.5) is 5.69 Å². The quantitative estimate of drug-likeness (QED) is 0.641. The fraction of sp³-hybridized carbons (Fsp3) is 0.250. The minimum Gasteiger partial charge on any atom is -0.353 e. The zero-order valence-electron chi connectivity index (χ0n) is 9.70. The third-order valence-electron chi connectivity index (χ3n) is 2.64. The van der Waals surface area contributed by atoms with E-state index in [0.29, 0.717) is 16.3 Å². The Bertz CT molecular complexity index is 526. The van der Waals surface area contributed by atoms with Crippen LogP contribution in [0, 0.1) is 0 Å². The summed E-state index contributed by atoms with van der Waals surface area (Å²) in [5, 5.41) is 2.53. The Morgan fingerprint density at radius 1 is 1.28 bits per heavy atom. The largest absolute Gasteiger partial charge is 0.353 e. The number of hydrogen-bond donors (Lipinski definition) is 1. The minimum atomic E-state index is -0.349. The number of anilines is 1. The predicted molar refractivity (Wildman–Crippen MR) is 66.8 cm³/mol. The summed E-state index contributed by atoms with van der Waals surface area (Å²) in [6, 6.07) is 4.86. The van der Waals surface area contributed by atoms with Gasteiger partial charge >= 0.3 is 0 Å². The van der Waals surface area contributed by atoms with Gasteiger partial charge in [0, 0.05) is 11.3 Å². The fourth-order valence-corrected chi connectivity index (χ4v) is 2.11. The molecule has 0 unspecified atom stereocenters. The van der Waals surface area contributed by atoms with Crippen molar-refractivity contribution < 1.29 is 14.4 Å². The van der Waals surface area contributed by atoms with Crippen LogP contribution in [0.25, 0.3) is 0 Å². The van der Waals surface area contributed by atoms with Gasteiger partial charge in [-0.3, -0.25) is 19.7 Å². The Labute approximate surface area is 109 Å².